The van der Waals surface area contributed by atoms with Crippen molar-refractivity contribution in [2.24, 2.45) is 5.92 Å². The van der Waals surface area contributed by atoms with Gasteiger partial charge in [-0.15, -0.1) is 0 Å². The molecule has 1 aromatic carbocycles. The summed E-state index contributed by atoms with van der Waals surface area (Å²) in [7, 11) is 0. The molecule has 0 bridgehead atoms. The van der Waals surface area contributed by atoms with Gasteiger partial charge in [-0.3, -0.25) is 0 Å². The minimum absolute atomic E-state index is 0. The monoisotopic (exact) mass is 426 g/mol. The van der Waals surface area contributed by atoms with E-state index in [0.717, 1.165) is 17.4 Å². The SMILES string of the molecule is Cl/C(=C\[I+]c1ccccc1)CC1CCCC1.[Br-]. The zero-order valence-corrected chi connectivity index (χ0v) is 14.2. The molecule has 0 N–H and O–H groups in total. The van der Waals surface area contributed by atoms with Crippen LogP contribution in [0.4, 0.5) is 0 Å². The van der Waals surface area contributed by atoms with Gasteiger partial charge < -0.3 is 17.0 Å². The summed E-state index contributed by atoms with van der Waals surface area (Å²) in [5.41, 5.74) is 0. The van der Waals surface area contributed by atoms with E-state index in [1.54, 1.807) is 0 Å². The normalized spacial score (nSPS) is 16.9. The summed E-state index contributed by atoms with van der Waals surface area (Å²) in [5.74, 6) is 0.864. The third kappa shape index (κ3) is 5.75. The quantitative estimate of drug-likeness (QED) is 0.520. The van der Waals surface area contributed by atoms with E-state index in [0.29, 0.717) is 0 Å². The second kappa shape index (κ2) is 8.54. The molecule has 0 nitrogen and oxygen atoms in total. The van der Waals surface area contributed by atoms with Gasteiger partial charge in [0.1, 0.15) is 0 Å². The van der Waals surface area contributed by atoms with Crippen LogP contribution in [0.2, 0.25) is 0 Å². The Morgan fingerprint density at radius 3 is 2.53 bits per heavy atom. The Hall–Kier alpha value is 0.460. The summed E-state index contributed by atoms with van der Waals surface area (Å²) in [5, 5.41) is 1.10. The predicted molar refractivity (Wildman–Crippen MR) is 65.7 cm³/mol. The Labute approximate surface area is 130 Å². The van der Waals surface area contributed by atoms with Crippen LogP contribution in [0.3, 0.4) is 0 Å². The molecule has 0 unspecified atom stereocenters. The van der Waals surface area contributed by atoms with Gasteiger partial charge in [-0.05, 0) is 24.5 Å². The number of allylic oxidation sites excluding steroid dienone is 1. The van der Waals surface area contributed by atoms with Crippen LogP contribution in [0.15, 0.2) is 39.4 Å². The van der Waals surface area contributed by atoms with Gasteiger partial charge in [-0.2, -0.15) is 0 Å². The van der Waals surface area contributed by atoms with Gasteiger partial charge in [0, 0.05) is 0 Å². The van der Waals surface area contributed by atoms with Crippen LogP contribution in [0.25, 0.3) is 0 Å². The zero-order chi connectivity index (χ0) is 11.2. The molecule has 0 spiro atoms. The molecule has 0 heterocycles. The maximum absolute atomic E-state index is 6.30. The lowest BCUT2D eigenvalue weighted by atomic mass is 10.0. The fourth-order valence-corrected chi connectivity index (χ4v) is 4.42. The van der Waals surface area contributed by atoms with E-state index in [1.807, 2.05) is 0 Å². The van der Waals surface area contributed by atoms with Crippen molar-refractivity contribution in [2.45, 2.75) is 32.1 Å². The van der Waals surface area contributed by atoms with E-state index in [1.165, 1.54) is 29.3 Å². The molecule has 0 atom stereocenters. The molecule has 1 aliphatic carbocycles. The van der Waals surface area contributed by atoms with Crippen LogP contribution in [-0.2, 0) is 0 Å². The van der Waals surface area contributed by atoms with Crippen molar-refractivity contribution in [1.29, 1.82) is 0 Å². The van der Waals surface area contributed by atoms with Gasteiger partial charge in [-0.1, -0.05) is 55.5 Å². The lowest BCUT2D eigenvalue weighted by molar-refractivity contribution is -0.557. The first-order chi connectivity index (χ1) is 7.84. The van der Waals surface area contributed by atoms with E-state index >= 15 is 0 Å². The molecular weight excluding hydrogens is 410 g/mol. The van der Waals surface area contributed by atoms with Crippen molar-refractivity contribution in [3.05, 3.63) is 43.0 Å². The topological polar surface area (TPSA) is 0 Å². The molecule has 0 aliphatic heterocycles. The van der Waals surface area contributed by atoms with Crippen LogP contribution in [-0.4, -0.2) is 0 Å². The molecule has 0 saturated heterocycles. The van der Waals surface area contributed by atoms with Crippen molar-refractivity contribution in [1.82, 2.24) is 0 Å². The number of hydrogen-bond donors (Lipinski definition) is 0. The van der Waals surface area contributed by atoms with Crippen LogP contribution in [0.5, 0.6) is 0 Å². The van der Waals surface area contributed by atoms with Crippen LogP contribution in [0, 0.1) is 9.49 Å². The average molecular weight is 428 g/mol. The highest BCUT2D eigenvalue weighted by Crippen LogP contribution is 2.30. The molecule has 1 saturated carbocycles. The number of hydrogen-bond acceptors (Lipinski definition) is 0. The highest BCUT2D eigenvalue weighted by molar-refractivity contribution is 6.29. The highest BCUT2D eigenvalue weighted by atomic mass is 127. The van der Waals surface area contributed by atoms with Gasteiger partial charge >= 0.3 is 21.2 Å². The minimum Gasteiger partial charge on any atom is -1.00 e. The van der Waals surface area contributed by atoms with Crippen molar-refractivity contribution in [3.63, 3.8) is 0 Å². The van der Waals surface area contributed by atoms with Gasteiger partial charge in [0.05, 0.1) is 5.03 Å². The summed E-state index contributed by atoms with van der Waals surface area (Å²) in [6, 6.07) is 10.7. The number of benzene rings is 1. The molecule has 3 heteroatoms. The van der Waals surface area contributed by atoms with Gasteiger partial charge in [0.15, 0.2) is 7.65 Å². The predicted octanol–water partition coefficient (Wildman–Crippen LogP) is -1.39. The third-order valence-corrected chi connectivity index (χ3v) is 6.12. The first kappa shape index (κ1) is 15.5. The fourth-order valence-electron chi connectivity index (χ4n) is 2.14. The Morgan fingerprint density at radius 2 is 1.88 bits per heavy atom. The highest BCUT2D eigenvalue weighted by Gasteiger charge is 2.17. The average Bonchev–Trinajstić information content (AvgIpc) is 2.81. The summed E-state index contributed by atoms with van der Waals surface area (Å²) in [6.45, 7) is 0. The Balaban J connectivity index is 0.00000144. The van der Waals surface area contributed by atoms with Crippen LogP contribution < -0.4 is 38.2 Å². The number of halogens is 3. The van der Waals surface area contributed by atoms with E-state index in [2.05, 4.69) is 34.4 Å². The molecule has 0 aromatic heterocycles. The van der Waals surface area contributed by atoms with Crippen molar-refractivity contribution in [2.75, 3.05) is 0 Å². The lowest BCUT2D eigenvalue weighted by Gasteiger charge is -2.04. The maximum atomic E-state index is 6.30. The van der Waals surface area contributed by atoms with E-state index in [-0.39, 0.29) is 38.2 Å². The van der Waals surface area contributed by atoms with Gasteiger partial charge in [0.2, 0.25) is 0 Å². The summed E-state index contributed by atoms with van der Waals surface area (Å²) < 4.78 is 3.74. The van der Waals surface area contributed by atoms with Crippen molar-refractivity contribution >= 4 is 11.6 Å². The maximum Gasteiger partial charge on any atom is 0.350 e. The molecule has 0 radical (unpaired) electrons. The molecule has 0 amide bonds. The van der Waals surface area contributed by atoms with E-state index in [4.69, 9.17) is 11.6 Å². The standard InChI is InChI=1S/C14H17ClI.BrH/c15-13(10-12-6-4-5-7-12)11-16-14-8-2-1-3-9-14;/h1-3,8-9,11-12H,4-7,10H2;1H/q+1;/p-1/b13-11-;. The van der Waals surface area contributed by atoms with Crippen LogP contribution in [0.1, 0.15) is 32.1 Å². The minimum atomic E-state index is -0.0296. The van der Waals surface area contributed by atoms with E-state index in [9.17, 15) is 0 Å². The smallest absolute Gasteiger partial charge is 0.350 e. The molecule has 1 fully saturated rings. The molecule has 1 aliphatic rings. The Bertz CT molecular complexity index is 344. The molecular formula is C14H17BrClI. The van der Waals surface area contributed by atoms with Crippen LogP contribution >= 0.6 is 11.6 Å². The van der Waals surface area contributed by atoms with Crippen molar-refractivity contribution in [3.8, 4) is 0 Å². The summed E-state index contributed by atoms with van der Waals surface area (Å²) in [6.07, 6.45) is 6.70. The number of rotatable bonds is 4. The van der Waals surface area contributed by atoms with Gasteiger partial charge in [0.25, 0.3) is 0 Å². The largest absolute Gasteiger partial charge is 1.00 e. The second-order valence-electron chi connectivity index (χ2n) is 4.32. The summed E-state index contributed by atoms with van der Waals surface area (Å²) in [4.78, 5) is 0. The molecule has 1 aromatic rings. The van der Waals surface area contributed by atoms with Crippen molar-refractivity contribution < 1.29 is 38.2 Å². The first-order valence-corrected chi connectivity index (χ1v) is 8.58. The first-order valence-electron chi connectivity index (χ1n) is 5.87. The summed E-state index contributed by atoms with van der Waals surface area (Å²) >= 11 is 6.27. The third-order valence-electron chi connectivity index (χ3n) is 2.99. The Morgan fingerprint density at radius 1 is 1.24 bits per heavy atom. The molecule has 17 heavy (non-hydrogen) atoms. The second-order valence-corrected chi connectivity index (χ2v) is 7.29. The Kier molecular flexibility index (Phi) is 7.80. The van der Waals surface area contributed by atoms with Gasteiger partial charge in [-0.25, -0.2) is 0 Å². The van der Waals surface area contributed by atoms with E-state index < -0.39 is 0 Å². The zero-order valence-electron chi connectivity index (χ0n) is 9.71. The molecule has 2 rings (SSSR count). The lowest BCUT2D eigenvalue weighted by Crippen LogP contribution is -3.59. The molecule has 94 valence electrons. The fraction of sp³-hybridized carbons (Fsp3) is 0.429.